The quantitative estimate of drug-likeness (QED) is 0.126. The summed E-state index contributed by atoms with van der Waals surface area (Å²) in [5.74, 6) is -2.01. The molecule has 2 amide bonds. The summed E-state index contributed by atoms with van der Waals surface area (Å²) in [6, 6.07) is 21.8. The fourth-order valence-electron chi connectivity index (χ4n) is 6.33. The highest BCUT2D eigenvalue weighted by atomic mass is 35.5. The Hall–Kier alpha value is -4.84. The van der Waals surface area contributed by atoms with Gasteiger partial charge in [0, 0.05) is 41.9 Å². The van der Waals surface area contributed by atoms with Gasteiger partial charge in [-0.1, -0.05) is 78.4 Å². The molecule has 3 aromatic carbocycles. The lowest BCUT2D eigenvalue weighted by atomic mass is 9.83. The fraction of sp³-hybridized carbons (Fsp3) is 0.306. The molecule has 0 bridgehead atoms. The summed E-state index contributed by atoms with van der Waals surface area (Å²) in [5, 5.41) is 30.9. The van der Waals surface area contributed by atoms with Crippen LogP contribution in [-0.4, -0.2) is 55.8 Å². The number of carbonyl (C=O) groups excluding carboxylic acids is 3. The number of halogens is 1. The number of rotatable bonds is 12. The van der Waals surface area contributed by atoms with Crippen molar-refractivity contribution in [1.82, 2.24) is 15.0 Å². The first-order valence-corrected chi connectivity index (χ1v) is 16.1. The van der Waals surface area contributed by atoms with Crippen LogP contribution in [0.25, 0.3) is 0 Å². The number of amides is 2. The molecular formula is C36H36ClN5O6. The summed E-state index contributed by atoms with van der Waals surface area (Å²) in [5.41, 5.74) is 1.99. The van der Waals surface area contributed by atoms with E-state index in [1.165, 1.54) is 16.7 Å². The minimum absolute atomic E-state index is 0.0879. The van der Waals surface area contributed by atoms with Crippen LogP contribution in [0.2, 0.25) is 5.02 Å². The molecule has 3 heterocycles. The van der Waals surface area contributed by atoms with E-state index in [4.69, 9.17) is 16.3 Å². The first kappa shape index (κ1) is 33.1. The SMILES string of the molecule is CC(=O)OC1CC(=O)N1c1cccc(CN2C(=O)[C@@](O)([C@@H](C)/C=C/CCn3cc(C(CO)c4ccccc4)nn3)c3cc(Cl)ccc32)c1. The van der Waals surface area contributed by atoms with Crippen LogP contribution in [0.3, 0.4) is 0 Å². The van der Waals surface area contributed by atoms with E-state index in [1.54, 1.807) is 48.0 Å². The van der Waals surface area contributed by atoms with E-state index >= 15 is 0 Å². The van der Waals surface area contributed by atoms with Crippen LogP contribution >= 0.6 is 11.6 Å². The summed E-state index contributed by atoms with van der Waals surface area (Å²) < 4.78 is 6.96. The van der Waals surface area contributed by atoms with E-state index in [-0.39, 0.29) is 31.4 Å². The highest BCUT2D eigenvalue weighted by Gasteiger charge is 2.52. The molecule has 4 aromatic rings. The van der Waals surface area contributed by atoms with Gasteiger partial charge in [-0.15, -0.1) is 5.10 Å². The third kappa shape index (κ3) is 6.36. The Morgan fingerprint density at radius 3 is 2.65 bits per heavy atom. The molecular weight excluding hydrogens is 634 g/mol. The number of aromatic nitrogens is 3. The molecule has 6 rings (SSSR count). The van der Waals surface area contributed by atoms with Crippen molar-refractivity contribution in [2.45, 2.75) is 57.5 Å². The minimum Gasteiger partial charge on any atom is -0.441 e. The van der Waals surface area contributed by atoms with E-state index in [1.807, 2.05) is 54.7 Å². The van der Waals surface area contributed by atoms with Gasteiger partial charge in [0.1, 0.15) is 0 Å². The lowest BCUT2D eigenvalue weighted by Gasteiger charge is -2.39. The van der Waals surface area contributed by atoms with Crippen molar-refractivity contribution in [3.05, 3.63) is 119 Å². The molecule has 2 N–H and O–H groups in total. The van der Waals surface area contributed by atoms with Crippen LogP contribution < -0.4 is 9.80 Å². The molecule has 2 aliphatic heterocycles. The topological polar surface area (TPSA) is 138 Å². The summed E-state index contributed by atoms with van der Waals surface area (Å²) >= 11 is 6.36. The standard InChI is InChI=1S/C36H36ClN5O6/c1-23(9-6-7-16-40-21-31(38-39-40)29(22-43)26-11-4-3-5-12-26)36(47)30-18-27(37)14-15-32(30)41(35(36)46)20-25-10-8-13-28(17-25)42-33(45)19-34(42)48-24(2)44/h3-6,8-15,17-18,21,23,29,34,43,47H,7,16,19-20,22H2,1-2H3/b9-6+/t23-,29?,34?,36+/m0/s1. The van der Waals surface area contributed by atoms with Gasteiger partial charge in [-0.25, -0.2) is 0 Å². The number of aryl methyl sites for hydroxylation is 1. The second-order valence-corrected chi connectivity index (χ2v) is 12.5. The molecule has 2 aliphatic rings. The Morgan fingerprint density at radius 2 is 1.92 bits per heavy atom. The van der Waals surface area contributed by atoms with Crippen molar-refractivity contribution in [3.63, 3.8) is 0 Å². The van der Waals surface area contributed by atoms with E-state index in [0.717, 1.165) is 11.1 Å². The first-order chi connectivity index (χ1) is 23.1. The van der Waals surface area contributed by atoms with E-state index < -0.39 is 29.6 Å². The predicted octanol–water partition coefficient (Wildman–Crippen LogP) is 4.70. The van der Waals surface area contributed by atoms with E-state index in [2.05, 4.69) is 10.3 Å². The second-order valence-electron chi connectivity index (χ2n) is 12.1. The zero-order chi connectivity index (χ0) is 34.0. The van der Waals surface area contributed by atoms with Crippen LogP contribution in [0, 0.1) is 5.92 Å². The summed E-state index contributed by atoms with van der Waals surface area (Å²) in [6.07, 6.45) is 5.54. The lowest BCUT2D eigenvalue weighted by Crippen LogP contribution is -2.54. The van der Waals surface area contributed by atoms with Gasteiger partial charge in [-0.3, -0.25) is 24.0 Å². The number of carbonyl (C=O) groups is 3. The van der Waals surface area contributed by atoms with Crippen molar-refractivity contribution < 1.29 is 29.3 Å². The highest BCUT2D eigenvalue weighted by molar-refractivity contribution is 6.31. The Morgan fingerprint density at radius 1 is 1.12 bits per heavy atom. The highest BCUT2D eigenvalue weighted by Crippen LogP contribution is 2.47. The molecule has 12 heteroatoms. The monoisotopic (exact) mass is 669 g/mol. The van der Waals surface area contributed by atoms with Crippen molar-refractivity contribution in [3.8, 4) is 0 Å². The zero-order valence-corrected chi connectivity index (χ0v) is 27.3. The Kier molecular flexibility index (Phi) is 9.45. The molecule has 48 heavy (non-hydrogen) atoms. The smallest absolute Gasteiger partial charge is 0.304 e. The maximum Gasteiger partial charge on any atom is 0.304 e. The van der Waals surface area contributed by atoms with Crippen LogP contribution in [0.15, 0.2) is 91.1 Å². The number of nitrogens with zero attached hydrogens (tertiary/aromatic N) is 5. The van der Waals surface area contributed by atoms with Crippen LogP contribution in [0.5, 0.6) is 0 Å². The Balaban J connectivity index is 1.16. The molecule has 248 valence electrons. The third-order valence-electron chi connectivity index (χ3n) is 8.88. The predicted molar refractivity (Wildman–Crippen MR) is 179 cm³/mol. The molecule has 0 saturated carbocycles. The molecule has 1 saturated heterocycles. The number of hydrogen-bond donors (Lipinski definition) is 2. The summed E-state index contributed by atoms with van der Waals surface area (Å²) in [4.78, 5) is 40.9. The number of hydrogen-bond acceptors (Lipinski definition) is 8. The van der Waals surface area contributed by atoms with E-state index in [9.17, 15) is 24.6 Å². The van der Waals surface area contributed by atoms with Crippen molar-refractivity contribution >= 4 is 40.8 Å². The number of fused-ring (bicyclic) bond motifs is 1. The number of β-lactam (4-membered cyclic amide) rings is 1. The molecule has 11 nitrogen and oxygen atoms in total. The molecule has 2 unspecified atom stereocenters. The van der Waals surface area contributed by atoms with Gasteiger partial charge in [0.25, 0.3) is 5.91 Å². The van der Waals surface area contributed by atoms with E-state index in [0.29, 0.717) is 40.6 Å². The van der Waals surface area contributed by atoms with Gasteiger partial charge in [0.05, 0.1) is 36.9 Å². The lowest BCUT2D eigenvalue weighted by molar-refractivity contribution is -0.153. The first-order valence-electron chi connectivity index (χ1n) is 15.7. The van der Waals surface area contributed by atoms with Gasteiger partial charge in [0.15, 0.2) is 11.8 Å². The fourth-order valence-corrected chi connectivity index (χ4v) is 6.50. The average molecular weight is 670 g/mol. The molecule has 1 aromatic heterocycles. The number of aliphatic hydroxyl groups is 2. The number of aliphatic hydroxyl groups excluding tert-OH is 1. The van der Waals surface area contributed by atoms with Crippen LogP contribution in [0.4, 0.5) is 11.4 Å². The number of anilines is 2. The van der Waals surface area contributed by atoms with Crippen molar-refractivity contribution in [1.29, 1.82) is 0 Å². The molecule has 4 atom stereocenters. The Labute approximate surface area is 283 Å². The largest absolute Gasteiger partial charge is 0.441 e. The summed E-state index contributed by atoms with van der Waals surface area (Å²) in [7, 11) is 0. The average Bonchev–Trinajstić information content (AvgIpc) is 3.61. The number of allylic oxidation sites excluding steroid dienone is 1. The maximum atomic E-state index is 14.1. The van der Waals surface area contributed by atoms with Crippen molar-refractivity contribution in [2.24, 2.45) is 5.92 Å². The van der Waals surface area contributed by atoms with Crippen LogP contribution in [-0.2, 0) is 37.8 Å². The zero-order valence-electron chi connectivity index (χ0n) is 26.6. The maximum absolute atomic E-state index is 14.1. The van der Waals surface area contributed by atoms with Gasteiger partial charge in [-0.2, -0.15) is 0 Å². The van der Waals surface area contributed by atoms with Gasteiger partial charge in [-0.05, 0) is 47.9 Å². The van der Waals surface area contributed by atoms with Gasteiger partial charge >= 0.3 is 5.97 Å². The molecule has 0 radical (unpaired) electrons. The third-order valence-corrected chi connectivity index (χ3v) is 9.11. The summed E-state index contributed by atoms with van der Waals surface area (Å²) in [6.45, 7) is 3.64. The second kappa shape index (κ2) is 13.7. The van der Waals surface area contributed by atoms with Crippen LogP contribution in [0.1, 0.15) is 55.0 Å². The Bertz CT molecular complexity index is 1860. The molecule has 1 fully saturated rings. The number of ether oxygens (including phenoxy) is 1. The van der Waals surface area contributed by atoms with Gasteiger partial charge in [0.2, 0.25) is 5.91 Å². The minimum atomic E-state index is -1.87. The van der Waals surface area contributed by atoms with Gasteiger partial charge < -0.3 is 19.8 Å². The van der Waals surface area contributed by atoms with Crippen molar-refractivity contribution in [2.75, 3.05) is 16.4 Å². The number of esters is 1. The normalized spacial score (nSPS) is 20.1. The number of benzene rings is 3. The molecule has 0 aliphatic carbocycles. The molecule has 0 spiro atoms.